The van der Waals surface area contributed by atoms with Crippen LogP contribution in [0.4, 0.5) is 11.5 Å². The molecule has 0 fully saturated rings. The first-order chi connectivity index (χ1) is 13.0. The van der Waals surface area contributed by atoms with Gasteiger partial charge in [0.2, 0.25) is 0 Å². The van der Waals surface area contributed by atoms with Gasteiger partial charge in [0.05, 0.1) is 23.4 Å². The number of amides is 1. The SMILES string of the molecule is CCCN(CCC)C(=O)c1cc(Nc2cc(C(=O)OC)ccc2Cl)ncn1. The summed E-state index contributed by atoms with van der Waals surface area (Å²) in [7, 11) is 1.31. The summed E-state index contributed by atoms with van der Waals surface area (Å²) in [6.07, 6.45) is 3.07. The van der Waals surface area contributed by atoms with Crippen LogP contribution in [0, 0.1) is 0 Å². The number of esters is 1. The Kier molecular flexibility index (Phi) is 7.55. The quantitative estimate of drug-likeness (QED) is 0.687. The van der Waals surface area contributed by atoms with Gasteiger partial charge in [-0.1, -0.05) is 25.4 Å². The van der Waals surface area contributed by atoms with Gasteiger partial charge >= 0.3 is 5.97 Å². The fourth-order valence-corrected chi connectivity index (χ4v) is 2.73. The molecule has 8 heteroatoms. The topological polar surface area (TPSA) is 84.4 Å². The maximum Gasteiger partial charge on any atom is 0.337 e. The smallest absolute Gasteiger partial charge is 0.337 e. The van der Waals surface area contributed by atoms with Gasteiger partial charge < -0.3 is 15.0 Å². The summed E-state index contributed by atoms with van der Waals surface area (Å²) in [5.74, 6) is -0.202. The minimum atomic E-state index is -0.469. The molecule has 0 saturated carbocycles. The molecule has 0 radical (unpaired) electrons. The molecule has 0 atom stereocenters. The van der Waals surface area contributed by atoms with Crippen LogP contribution in [-0.2, 0) is 4.74 Å². The number of hydrogen-bond acceptors (Lipinski definition) is 6. The molecule has 1 aromatic carbocycles. The van der Waals surface area contributed by atoms with Gasteiger partial charge in [0.1, 0.15) is 17.8 Å². The van der Waals surface area contributed by atoms with Gasteiger partial charge in [-0.3, -0.25) is 4.79 Å². The van der Waals surface area contributed by atoms with Crippen molar-refractivity contribution in [2.24, 2.45) is 0 Å². The first-order valence-corrected chi connectivity index (χ1v) is 9.14. The average molecular weight is 391 g/mol. The van der Waals surface area contributed by atoms with E-state index in [2.05, 4.69) is 15.3 Å². The summed E-state index contributed by atoms with van der Waals surface area (Å²) in [4.78, 5) is 34.4. The van der Waals surface area contributed by atoms with Gasteiger partial charge in [0, 0.05) is 19.2 Å². The van der Waals surface area contributed by atoms with Crippen molar-refractivity contribution < 1.29 is 14.3 Å². The molecule has 0 saturated heterocycles. The van der Waals surface area contributed by atoms with Gasteiger partial charge in [-0.2, -0.15) is 0 Å². The Labute approximate surface area is 163 Å². The van der Waals surface area contributed by atoms with E-state index in [9.17, 15) is 9.59 Å². The molecule has 0 unspecified atom stereocenters. The highest BCUT2D eigenvalue weighted by molar-refractivity contribution is 6.33. The normalized spacial score (nSPS) is 10.4. The number of rotatable bonds is 8. The van der Waals surface area contributed by atoms with Gasteiger partial charge in [0.15, 0.2) is 0 Å². The molecule has 2 rings (SSSR count). The molecule has 0 aliphatic carbocycles. The molecule has 7 nitrogen and oxygen atoms in total. The summed E-state index contributed by atoms with van der Waals surface area (Å²) in [5.41, 5.74) is 1.14. The molecule has 1 N–H and O–H groups in total. The van der Waals surface area contributed by atoms with Crippen LogP contribution in [0.2, 0.25) is 5.02 Å². The van der Waals surface area contributed by atoms with E-state index in [0.29, 0.717) is 40.9 Å². The molecule has 0 aliphatic rings. The van der Waals surface area contributed by atoms with Crippen LogP contribution in [-0.4, -0.2) is 46.9 Å². The van der Waals surface area contributed by atoms with Crippen molar-refractivity contribution in [1.29, 1.82) is 0 Å². The van der Waals surface area contributed by atoms with Crippen LogP contribution in [0.3, 0.4) is 0 Å². The Morgan fingerprint density at radius 2 is 1.85 bits per heavy atom. The molecule has 0 bridgehead atoms. The molecule has 0 aliphatic heterocycles. The van der Waals surface area contributed by atoms with Crippen molar-refractivity contribution in [2.45, 2.75) is 26.7 Å². The Morgan fingerprint density at radius 1 is 1.15 bits per heavy atom. The fourth-order valence-electron chi connectivity index (χ4n) is 2.56. The van der Waals surface area contributed by atoms with Gasteiger partial charge in [-0.15, -0.1) is 0 Å². The second-order valence-electron chi connectivity index (χ2n) is 5.89. The third-order valence-corrected chi connectivity index (χ3v) is 4.14. The zero-order chi connectivity index (χ0) is 19.8. The van der Waals surface area contributed by atoms with Crippen LogP contribution in [0.5, 0.6) is 0 Å². The third kappa shape index (κ3) is 5.40. The van der Waals surface area contributed by atoms with Crippen LogP contribution in [0.25, 0.3) is 0 Å². The number of benzene rings is 1. The van der Waals surface area contributed by atoms with E-state index in [4.69, 9.17) is 16.3 Å². The number of carbonyl (C=O) groups is 2. The van der Waals surface area contributed by atoms with Crippen molar-refractivity contribution in [3.05, 3.63) is 46.9 Å². The van der Waals surface area contributed by atoms with E-state index in [0.717, 1.165) is 12.8 Å². The fraction of sp³-hybridized carbons (Fsp3) is 0.368. The largest absolute Gasteiger partial charge is 0.465 e. The lowest BCUT2D eigenvalue weighted by Gasteiger charge is -2.21. The van der Waals surface area contributed by atoms with Crippen LogP contribution in [0.15, 0.2) is 30.6 Å². The lowest BCUT2D eigenvalue weighted by Crippen LogP contribution is -2.33. The summed E-state index contributed by atoms with van der Waals surface area (Å²) >= 11 is 6.20. The van der Waals surface area contributed by atoms with Crippen molar-refractivity contribution in [3.63, 3.8) is 0 Å². The van der Waals surface area contributed by atoms with Crippen molar-refractivity contribution in [1.82, 2.24) is 14.9 Å². The lowest BCUT2D eigenvalue weighted by atomic mass is 10.2. The van der Waals surface area contributed by atoms with E-state index < -0.39 is 5.97 Å². The van der Waals surface area contributed by atoms with Crippen LogP contribution < -0.4 is 5.32 Å². The summed E-state index contributed by atoms with van der Waals surface area (Å²) in [6.45, 7) is 5.40. The van der Waals surface area contributed by atoms with Gasteiger partial charge in [-0.05, 0) is 31.0 Å². The molecule has 144 valence electrons. The van der Waals surface area contributed by atoms with E-state index >= 15 is 0 Å². The monoisotopic (exact) mass is 390 g/mol. The Hall–Kier alpha value is -2.67. The summed E-state index contributed by atoms with van der Waals surface area (Å²) in [5, 5.41) is 3.44. The molecule has 1 aromatic heterocycles. The van der Waals surface area contributed by atoms with Crippen molar-refractivity contribution in [3.8, 4) is 0 Å². The number of hydrogen-bond donors (Lipinski definition) is 1. The Morgan fingerprint density at radius 3 is 2.48 bits per heavy atom. The molecule has 0 spiro atoms. The maximum absolute atomic E-state index is 12.7. The predicted molar refractivity (Wildman–Crippen MR) is 105 cm³/mol. The molecule has 27 heavy (non-hydrogen) atoms. The lowest BCUT2D eigenvalue weighted by molar-refractivity contribution is 0.0600. The molecule has 2 aromatic rings. The number of aromatic nitrogens is 2. The van der Waals surface area contributed by atoms with Gasteiger partial charge in [0.25, 0.3) is 5.91 Å². The van der Waals surface area contributed by atoms with Gasteiger partial charge in [-0.25, -0.2) is 14.8 Å². The zero-order valence-corrected chi connectivity index (χ0v) is 16.4. The third-order valence-electron chi connectivity index (χ3n) is 3.81. The van der Waals surface area contributed by atoms with Crippen LogP contribution >= 0.6 is 11.6 Å². The second kappa shape index (κ2) is 9.87. The first-order valence-electron chi connectivity index (χ1n) is 8.76. The molecule has 1 amide bonds. The number of halogens is 1. The van der Waals surface area contributed by atoms with Crippen LogP contribution in [0.1, 0.15) is 47.5 Å². The van der Waals surface area contributed by atoms with E-state index in [1.165, 1.54) is 13.4 Å². The highest BCUT2D eigenvalue weighted by Gasteiger charge is 2.17. The molecular weight excluding hydrogens is 368 g/mol. The number of methoxy groups -OCH3 is 1. The van der Waals surface area contributed by atoms with E-state index in [1.54, 1.807) is 29.2 Å². The van der Waals surface area contributed by atoms with Crippen molar-refractivity contribution >= 4 is 35.0 Å². The number of nitrogens with one attached hydrogen (secondary N) is 1. The predicted octanol–water partition coefficient (Wildman–Crippen LogP) is 3.92. The summed E-state index contributed by atoms with van der Waals surface area (Å²) in [6, 6.07) is 6.30. The minimum absolute atomic E-state index is 0.140. The standard InChI is InChI=1S/C19H23ClN4O3/c1-4-8-24(9-5-2)18(25)16-11-17(22-12-21-16)23-15-10-13(19(26)27-3)6-7-14(15)20/h6-7,10-12H,4-5,8-9H2,1-3H3,(H,21,22,23). The number of ether oxygens (including phenoxy) is 1. The molecular formula is C19H23ClN4O3. The number of anilines is 2. The zero-order valence-electron chi connectivity index (χ0n) is 15.7. The summed E-state index contributed by atoms with van der Waals surface area (Å²) < 4.78 is 4.72. The maximum atomic E-state index is 12.7. The second-order valence-corrected chi connectivity index (χ2v) is 6.30. The average Bonchev–Trinajstić information content (AvgIpc) is 2.68. The van der Waals surface area contributed by atoms with E-state index in [-0.39, 0.29) is 5.91 Å². The first kappa shape index (κ1) is 20.6. The van der Waals surface area contributed by atoms with E-state index in [1.807, 2.05) is 13.8 Å². The number of nitrogens with zero attached hydrogens (tertiary/aromatic N) is 3. The number of carbonyl (C=O) groups excluding carboxylic acids is 2. The Balaban J connectivity index is 2.25. The highest BCUT2D eigenvalue weighted by atomic mass is 35.5. The molecule has 1 heterocycles. The Bertz CT molecular complexity index is 807. The minimum Gasteiger partial charge on any atom is -0.465 e. The van der Waals surface area contributed by atoms with Crippen molar-refractivity contribution in [2.75, 3.05) is 25.5 Å². The highest BCUT2D eigenvalue weighted by Crippen LogP contribution is 2.26.